The Labute approximate surface area is 119 Å². The normalized spacial score (nSPS) is 10.3. The lowest BCUT2D eigenvalue weighted by molar-refractivity contribution is 0.102. The van der Waals surface area contributed by atoms with E-state index in [-0.39, 0.29) is 5.91 Å². The summed E-state index contributed by atoms with van der Waals surface area (Å²) in [7, 11) is 3.26. The lowest BCUT2D eigenvalue weighted by Gasteiger charge is -2.05. The number of hydrogen-bond acceptors (Lipinski definition) is 3. The number of nitrogens with zero attached hydrogens (tertiary/aromatic N) is 2. The van der Waals surface area contributed by atoms with E-state index in [4.69, 9.17) is 4.74 Å². The molecule has 0 saturated carbocycles. The van der Waals surface area contributed by atoms with Gasteiger partial charge in [0.25, 0.3) is 5.91 Å². The lowest BCUT2D eigenvalue weighted by Crippen LogP contribution is -2.13. The molecule has 0 unspecified atom stereocenters. The topological polar surface area (TPSA) is 56.1 Å². The van der Waals surface area contributed by atoms with E-state index in [2.05, 4.69) is 26.3 Å². The highest BCUT2D eigenvalue weighted by atomic mass is 79.9. The molecule has 1 N–H and O–H groups in total. The standard InChI is InChI=1S/C13H14BrN3O2/c1-8-4-5-9(6-10(8)14)15-13(18)11-7-12(19-3)17(2)16-11/h4-7H,1-3H3,(H,15,18). The summed E-state index contributed by atoms with van der Waals surface area (Å²) >= 11 is 3.43. The molecule has 0 aliphatic rings. The van der Waals surface area contributed by atoms with E-state index in [1.54, 1.807) is 13.1 Å². The number of rotatable bonds is 3. The van der Waals surface area contributed by atoms with E-state index < -0.39 is 0 Å². The number of carbonyl (C=O) groups excluding carboxylic acids is 1. The quantitative estimate of drug-likeness (QED) is 0.944. The van der Waals surface area contributed by atoms with Gasteiger partial charge in [-0.1, -0.05) is 22.0 Å². The van der Waals surface area contributed by atoms with Crippen LogP contribution in [0.4, 0.5) is 5.69 Å². The zero-order valence-electron chi connectivity index (χ0n) is 10.9. The molecule has 2 rings (SSSR count). The number of amides is 1. The van der Waals surface area contributed by atoms with Crippen molar-refractivity contribution in [3.8, 4) is 5.88 Å². The molecule has 1 aromatic heterocycles. The number of benzene rings is 1. The molecular weight excluding hydrogens is 310 g/mol. The van der Waals surface area contributed by atoms with Crippen LogP contribution in [-0.4, -0.2) is 22.8 Å². The third-order valence-corrected chi connectivity index (χ3v) is 3.56. The molecule has 1 aromatic carbocycles. The second-order valence-corrected chi connectivity index (χ2v) is 4.97. The van der Waals surface area contributed by atoms with E-state index in [0.717, 1.165) is 10.0 Å². The van der Waals surface area contributed by atoms with Crippen LogP contribution >= 0.6 is 15.9 Å². The van der Waals surface area contributed by atoms with Gasteiger partial charge >= 0.3 is 0 Å². The van der Waals surface area contributed by atoms with Crippen molar-refractivity contribution in [3.05, 3.63) is 40.0 Å². The number of aromatic nitrogens is 2. The highest BCUT2D eigenvalue weighted by Crippen LogP contribution is 2.21. The van der Waals surface area contributed by atoms with E-state index >= 15 is 0 Å². The maximum atomic E-state index is 12.0. The fourth-order valence-corrected chi connectivity index (χ4v) is 2.00. The molecule has 6 heteroatoms. The summed E-state index contributed by atoms with van der Waals surface area (Å²) in [5.41, 5.74) is 2.14. The van der Waals surface area contributed by atoms with Crippen LogP contribution in [0.3, 0.4) is 0 Å². The number of methoxy groups -OCH3 is 1. The van der Waals surface area contributed by atoms with Gasteiger partial charge in [-0.25, -0.2) is 4.68 Å². The zero-order chi connectivity index (χ0) is 14.0. The van der Waals surface area contributed by atoms with Crippen LogP contribution in [0.1, 0.15) is 16.1 Å². The molecule has 19 heavy (non-hydrogen) atoms. The Balaban J connectivity index is 2.18. The molecular formula is C13H14BrN3O2. The van der Waals surface area contributed by atoms with Crippen LogP contribution in [0.25, 0.3) is 0 Å². The number of anilines is 1. The highest BCUT2D eigenvalue weighted by Gasteiger charge is 2.13. The Bertz CT molecular complexity index is 622. The van der Waals surface area contributed by atoms with Crippen molar-refractivity contribution in [2.24, 2.45) is 7.05 Å². The summed E-state index contributed by atoms with van der Waals surface area (Å²) in [6.45, 7) is 1.99. The first-order valence-corrected chi connectivity index (χ1v) is 6.46. The number of ether oxygens (including phenoxy) is 1. The van der Waals surface area contributed by atoms with Crippen LogP contribution in [0, 0.1) is 6.92 Å². The summed E-state index contributed by atoms with van der Waals surface area (Å²) < 4.78 is 7.54. The first-order chi connectivity index (χ1) is 9.01. The molecule has 2 aromatic rings. The number of carbonyl (C=O) groups is 1. The Morgan fingerprint density at radius 3 is 2.74 bits per heavy atom. The van der Waals surface area contributed by atoms with Crippen molar-refractivity contribution >= 4 is 27.5 Å². The average Bonchev–Trinajstić information content (AvgIpc) is 2.75. The van der Waals surface area contributed by atoms with Gasteiger partial charge in [0.15, 0.2) is 5.69 Å². The average molecular weight is 324 g/mol. The summed E-state index contributed by atoms with van der Waals surface area (Å²) in [5.74, 6) is 0.268. The van der Waals surface area contributed by atoms with E-state index in [1.807, 2.05) is 25.1 Å². The minimum absolute atomic E-state index is 0.269. The molecule has 0 aliphatic carbocycles. The Morgan fingerprint density at radius 1 is 1.42 bits per heavy atom. The van der Waals surface area contributed by atoms with E-state index in [0.29, 0.717) is 17.3 Å². The molecule has 1 heterocycles. The Kier molecular flexibility index (Phi) is 3.90. The van der Waals surface area contributed by atoms with Gasteiger partial charge in [-0.15, -0.1) is 0 Å². The van der Waals surface area contributed by atoms with E-state index in [1.165, 1.54) is 11.8 Å². The maximum absolute atomic E-state index is 12.0. The first kappa shape index (κ1) is 13.6. The SMILES string of the molecule is COc1cc(C(=O)Nc2ccc(C)c(Br)c2)nn1C. The monoisotopic (exact) mass is 323 g/mol. The molecule has 5 nitrogen and oxygen atoms in total. The molecule has 0 radical (unpaired) electrons. The summed E-state index contributed by atoms with van der Waals surface area (Å²) in [5, 5.41) is 6.88. The van der Waals surface area contributed by atoms with Crippen LogP contribution in [0.2, 0.25) is 0 Å². The number of hydrogen-bond donors (Lipinski definition) is 1. The minimum atomic E-state index is -0.269. The van der Waals surface area contributed by atoms with Gasteiger partial charge in [-0.2, -0.15) is 5.10 Å². The van der Waals surface area contributed by atoms with Gasteiger partial charge in [-0.05, 0) is 24.6 Å². The largest absolute Gasteiger partial charge is 0.481 e. The molecule has 0 bridgehead atoms. The first-order valence-electron chi connectivity index (χ1n) is 5.67. The van der Waals surface area contributed by atoms with Crippen LogP contribution in [0.5, 0.6) is 5.88 Å². The van der Waals surface area contributed by atoms with Crippen molar-refractivity contribution < 1.29 is 9.53 Å². The molecule has 0 saturated heterocycles. The van der Waals surface area contributed by atoms with Crippen molar-refractivity contribution in [1.29, 1.82) is 0 Å². The van der Waals surface area contributed by atoms with Gasteiger partial charge < -0.3 is 10.1 Å². The van der Waals surface area contributed by atoms with E-state index in [9.17, 15) is 4.79 Å². The molecule has 100 valence electrons. The fraction of sp³-hybridized carbons (Fsp3) is 0.231. The fourth-order valence-electron chi connectivity index (χ4n) is 1.62. The second-order valence-electron chi connectivity index (χ2n) is 4.11. The smallest absolute Gasteiger partial charge is 0.276 e. The van der Waals surface area contributed by atoms with Crippen LogP contribution < -0.4 is 10.1 Å². The summed E-state index contributed by atoms with van der Waals surface area (Å²) in [6, 6.07) is 7.23. The van der Waals surface area contributed by atoms with Gasteiger partial charge in [0.05, 0.1) is 7.11 Å². The highest BCUT2D eigenvalue weighted by molar-refractivity contribution is 9.10. The van der Waals surface area contributed by atoms with Crippen LogP contribution in [0.15, 0.2) is 28.7 Å². The lowest BCUT2D eigenvalue weighted by atomic mass is 10.2. The maximum Gasteiger partial charge on any atom is 0.276 e. The molecule has 0 fully saturated rings. The van der Waals surface area contributed by atoms with Crippen molar-refractivity contribution in [2.75, 3.05) is 12.4 Å². The predicted molar refractivity (Wildman–Crippen MR) is 76.6 cm³/mol. The van der Waals surface area contributed by atoms with Gasteiger partial charge in [0, 0.05) is 23.3 Å². The van der Waals surface area contributed by atoms with Crippen molar-refractivity contribution in [3.63, 3.8) is 0 Å². The molecule has 0 aliphatic heterocycles. The zero-order valence-corrected chi connectivity index (χ0v) is 12.5. The van der Waals surface area contributed by atoms with Crippen molar-refractivity contribution in [1.82, 2.24) is 9.78 Å². The molecule has 1 amide bonds. The third-order valence-electron chi connectivity index (χ3n) is 2.71. The Morgan fingerprint density at radius 2 is 2.16 bits per heavy atom. The summed E-state index contributed by atoms with van der Waals surface area (Å²) in [4.78, 5) is 12.0. The third kappa shape index (κ3) is 2.96. The predicted octanol–water partition coefficient (Wildman–Crippen LogP) is 2.75. The Hall–Kier alpha value is -1.82. The van der Waals surface area contributed by atoms with Crippen molar-refractivity contribution in [2.45, 2.75) is 6.92 Å². The van der Waals surface area contributed by atoms with Gasteiger partial charge in [-0.3, -0.25) is 4.79 Å². The second kappa shape index (κ2) is 5.44. The number of nitrogens with one attached hydrogen (secondary N) is 1. The van der Waals surface area contributed by atoms with Gasteiger partial charge in [0.1, 0.15) is 0 Å². The van der Waals surface area contributed by atoms with Crippen LogP contribution in [-0.2, 0) is 7.05 Å². The minimum Gasteiger partial charge on any atom is -0.481 e. The van der Waals surface area contributed by atoms with Gasteiger partial charge in [0.2, 0.25) is 5.88 Å². The number of aryl methyl sites for hydroxylation is 2. The number of halogens is 1. The summed E-state index contributed by atoms with van der Waals surface area (Å²) in [6.07, 6.45) is 0. The molecule has 0 spiro atoms. The molecule has 0 atom stereocenters.